The molecule has 1 aromatic carbocycles. The number of rotatable bonds is 7. The molecule has 0 radical (unpaired) electrons. The largest absolute Gasteiger partial charge is 0.356 e. The fourth-order valence-corrected chi connectivity index (χ4v) is 6.23. The lowest BCUT2D eigenvalue weighted by Gasteiger charge is -2.38. The summed E-state index contributed by atoms with van der Waals surface area (Å²) in [4.78, 5) is 34.0. The Balaban J connectivity index is 1.50. The van der Waals surface area contributed by atoms with E-state index in [-0.39, 0.29) is 17.6 Å². The number of piperidine rings is 1. The van der Waals surface area contributed by atoms with Crippen molar-refractivity contribution in [1.82, 2.24) is 14.5 Å². The third-order valence-electron chi connectivity index (χ3n) is 8.00. The number of aromatic nitrogens is 2. The zero-order valence-electron chi connectivity index (χ0n) is 22.0. The number of nitrogens with zero attached hydrogens (tertiary/aromatic N) is 4. The fourth-order valence-electron chi connectivity index (χ4n) is 5.95. The number of amides is 1. The second-order valence-electron chi connectivity index (χ2n) is 10.8. The van der Waals surface area contributed by atoms with Crippen molar-refractivity contribution in [1.29, 1.82) is 0 Å². The molecule has 7 heteroatoms. The number of halogens is 1. The highest BCUT2D eigenvalue weighted by molar-refractivity contribution is 6.31. The Hall–Kier alpha value is -3.12. The quantitative estimate of drug-likeness (QED) is 0.370. The molecule has 1 amide bonds. The highest BCUT2D eigenvalue weighted by Gasteiger charge is 2.31. The number of carbonyl (C=O) groups excluding carboxylic acids is 2. The Morgan fingerprint density at radius 1 is 1.19 bits per heavy atom. The smallest absolute Gasteiger partial charge is 0.245 e. The SMILES string of the molecule is C=CC(=O)N1CC(CC(=O)Cn2c(C)c(-c3cccnc3N3CCC(C)CC3)c3cc(Cl)cc(C)c32)C1. The number of fused-ring (bicyclic) bond motifs is 1. The first-order chi connectivity index (χ1) is 17.8. The lowest BCUT2D eigenvalue weighted by atomic mass is 9.94. The zero-order chi connectivity index (χ0) is 26.3. The maximum Gasteiger partial charge on any atom is 0.245 e. The van der Waals surface area contributed by atoms with Gasteiger partial charge in [0, 0.05) is 71.9 Å². The van der Waals surface area contributed by atoms with Gasteiger partial charge in [-0.15, -0.1) is 0 Å². The van der Waals surface area contributed by atoms with Crippen LogP contribution >= 0.6 is 11.6 Å². The Morgan fingerprint density at radius 3 is 2.62 bits per heavy atom. The average molecular weight is 519 g/mol. The van der Waals surface area contributed by atoms with Crippen LogP contribution in [0, 0.1) is 25.7 Å². The van der Waals surface area contributed by atoms with E-state index in [0.29, 0.717) is 31.1 Å². The second-order valence-corrected chi connectivity index (χ2v) is 11.2. The van der Waals surface area contributed by atoms with Crippen LogP contribution in [-0.4, -0.2) is 52.3 Å². The molecule has 4 heterocycles. The maximum absolute atomic E-state index is 13.2. The van der Waals surface area contributed by atoms with Crippen molar-refractivity contribution in [3.05, 3.63) is 59.4 Å². The molecule has 6 nitrogen and oxygen atoms in total. The number of aryl methyl sites for hydroxylation is 1. The van der Waals surface area contributed by atoms with Crippen LogP contribution in [0.3, 0.4) is 0 Å². The van der Waals surface area contributed by atoms with Gasteiger partial charge in [0.1, 0.15) is 5.82 Å². The summed E-state index contributed by atoms with van der Waals surface area (Å²) in [7, 11) is 0. The summed E-state index contributed by atoms with van der Waals surface area (Å²) in [6.45, 7) is 13.5. The van der Waals surface area contributed by atoms with Gasteiger partial charge in [-0.1, -0.05) is 25.1 Å². The topological polar surface area (TPSA) is 58.4 Å². The second kappa shape index (κ2) is 10.3. The van der Waals surface area contributed by atoms with E-state index in [1.807, 2.05) is 24.4 Å². The molecule has 2 fully saturated rings. The zero-order valence-corrected chi connectivity index (χ0v) is 22.7. The van der Waals surface area contributed by atoms with Gasteiger partial charge in [-0.05, 0) is 68.5 Å². The Labute approximate surface area is 223 Å². The molecule has 0 spiro atoms. The first-order valence-electron chi connectivity index (χ1n) is 13.2. The van der Waals surface area contributed by atoms with Crippen molar-refractivity contribution in [3.63, 3.8) is 0 Å². The molecule has 2 saturated heterocycles. The number of hydrogen-bond acceptors (Lipinski definition) is 4. The van der Waals surface area contributed by atoms with Gasteiger partial charge in [-0.25, -0.2) is 4.98 Å². The van der Waals surface area contributed by atoms with Gasteiger partial charge in [0.2, 0.25) is 5.91 Å². The highest BCUT2D eigenvalue weighted by Crippen LogP contribution is 2.41. The molecule has 194 valence electrons. The van der Waals surface area contributed by atoms with Crippen molar-refractivity contribution in [3.8, 4) is 11.1 Å². The monoisotopic (exact) mass is 518 g/mol. The summed E-state index contributed by atoms with van der Waals surface area (Å²) < 4.78 is 2.15. The standard InChI is InChI=1S/C30H35ClN4O2/c1-5-27(37)34-16-22(17-34)14-24(36)18-35-21(4)28(26-15-23(31)13-20(3)29(26)35)25-7-6-10-32-30(25)33-11-8-19(2)9-12-33/h5-7,10,13,15,19,22H,1,8-9,11-12,14,16-18H2,2-4H3. The molecule has 0 saturated carbocycles. The predicted molar refractivity (Wildman–Crippen MR) is 150 cm³/mol. The van der Waals surface area contributed by atoms with Gasteiger partial charge in [0.15, 0.2) is 5.78 Å². The minimum Gasteiger partial charge on any atom is -0.356 e. The van der Waals surface area contributed by atoms with E-state index in [9.17, 15) is 9.59 Å². The molecular weight excluding hydrogens is 484 g/mol. The average Bonchev–Trinajstić information content (AvgIpc) is 3.12. The van der Waals surface area contributed by atoms with Crippen LogP contribution in [0.5, 0.6) is 0 Å². The minimum absolute atomic E-state index is 0.0662. The summed E-state index contributed by atoms with van der Waals surface area (Å²) in [6, 6.07) is 8.12. The van der Waals surface area contributed by atoms with Crippen molar-refractivity contribution in [2.24, 2.45) is 11.8 Å². The van der Waals surface area contributed by atoms with E-state index in [4.69, 9.17) is 16.6 Å². The number of Topliss-reactive ketones (excluding diaryl/α,β-unsaturated/α-hetero) is 1. The van der Waals surface area contributed by atoms with Crippen LogP contribution in [-0.2, 0) is 16.1 Å². The molecule has 2 aliphatic heterocycles. The summed E-state index contributed by atoms with van der Waals surface area (Å²) in [5, 5.41) is 1.75. The minimum atomic E-state index is -0.0662. The van der Waals surface area contributed by atoms with E-state index < -0.39 is 0 Å². The number of anilines is 1. The number of likely N-dealkylation sites (tertiary alicyclic amines) is 1. The van der Waals surface area contributed by atoms with Crippen molar-refractivity contribution >= 4 is 40.0 Å². The van der Waals surface area contributed by atoms with Crippen molar-refractivity contribution < 1.29 is 9.59 Å². The molecule has 5 rings (SSSR count). The lowest BCUT2D eigenvalue weighted by molar-refractivity contribution is -0.134. The van der Waals surface area contributed by atoms with Gasteiger partial charge < -0.3 is 14.4 Å². The molecule has 0 atom stereocenters. The van der Waals surface area contributed by atoms with Crippen LogP contribution in [0.4, 0.5) is 5.82 Å². The van der Waals surface area contributed by atoms with Crippen LogP contribution in [0.25, 0.3) is 22.0 Å². The highest BCUT2D eigenvalue weighted by atomic mass is 35.5. The Bertz CT molecular complexity index is 1360. The van der Waals surface area contributed by atoms with E-state index >= 15 is 0 Å². The number of benzene rings is 1. The van der Waals surface area contributed by atoms with Gasteiger partial charge >= 0.3 is 0 Å². The maximum atomic E-state index is 13.2. The fraction of sp³-hybridized carbons (Fsp3) is 0.433. The number of pyridine rings is 1. The first kappa shape index (κ1) is 25.5. The van der Waals surface area contributed by atoms with E-state index in [2.05, 4.69) is 42.9 Å². The van der Waals surface area contributed by atoms with Crippen LogP contribution in [0.2, 0.25) is 5.02 Å². The van der Waals surface area contributed by atoms with Crippen LogP contribution in [0.15, 0.2) is 43.1 Å². The van der Waals surface area contributed by atoms with Crippen molar-refractivity contribution in [2.45, 2.75) is 46.6 Å². The third-order valence-corrected chi connectivity index (χ3v) is 8.22. The van der Waals surface area contributed by atoms with E-state index in [0.717, 1.165) is 71.0 Å². The molecule has 0 aliphatic carbocycles. The predicted octanol–water partition coefficient (Wildman–Crippen LogP) is 5.81. The van der Waals surface area contributed by atoms with Crippen molar-refractivity contribution in [2.75, 3.05) is 31.1 Å². The Kier molecular flexibility index (Phi) is 7.13. The molecule has 2 aliphatic rings. The number of hydrogen-bond donors (Lipinski definition) is 0. The number of carbonyl (C=O) groups is 2. The summed E-state index contributed by atoms with van der Waals surface area (Å²) >= 11 is 6.56. The summed E-state index contributed by atoms with van der Waals surface area (Å²) in [5.74, 6) is 2.05. The molecule has 3 aromatic rings. The molecule has 37 heavy (non-hydrogen) atoms. The molecule has 0 N–H and O–H groups in total. The van der Waals surface area contributed by atoms with Crippen LogP contribution in [0.1, 0.15) is 37.4 Å². The summed E-state index contributed by atoms with van der Waals surface area (Å²) in [5.41, 5.74) is 5.33. The lowest BCUT2D eigenvalue weighted by Crippen LogP contribution is -2.50. The molecule has 0 unspecified atom stereocenters. The molecule has 2 aromatic heterocycles. The van der Waals surface area contributed by atoms with Gasteiger partial charge in [0.25, 0.3) is 0 Å². The molecule has 0 bridgehead atoms. The first-order valence-corrected chi connectivity index (χ1v) is 13.6. The molecular formula is C30H35ClN4O2. The number of ketones is 1. The van der Waals surface area contributed by atoms with Gasteiger partial charge in [0.05, 0.1) is 12.1 Å². The third kappa shape index (κ3) is 4.91. The Morgan fingerprint density at radius 2 is 1.92 bits per heavy atom. The normalized spacial score (nSPS) is 16.8. The van der Waals surface area contributed by atoms with Crippen LogP contribution < -0.4 is 4.90 Å². The van der Waals surface area contributed by atoms with Gasteiger partial charge in [-0.3, -0.25) is 9.59 Å². The van der Waals surface area contributed by atoms with Gasteiger partial charge in [-0.2, -0.15) is 0 Å². The summed E-state index contributed by atoms with van der Waals surface area (Å²) in [6.07, 6.45) is 5.98. The van der Waals surface area contributed by atoms with E-state index in [1.165, 1.54) is 6.08 Å². The van der Waals surface area contributed by atoms with E-state index in [1.54, 1.807) is 4.90 Å².